The van der Waals surface area contributed by atoms with E-state index in [-0.39, 0.29) is 30.0 Å². The summed E-state index contributed by atoms with van der Waals surface area (Å²) in [5, 5.41) is 2.92. The number of amides is 2. The molecule has 0 aliphatic heterocycles. The third-order valence-corrected chi connectivity index (χ3v) is 4.62. The van der Waals surface area contributed by atoms with E-state index >= 15 is 0 Å². The predicted molar refractivity (Wildman–Crippen MR) is 108 cm³/mol. The van der Waals surface area contributed by atoms with E-state index in [1.54, 1.807) is 19.2 Å². The van der Waals surface area contributed by atoms with Crippen molar-refractivity contribution in [1.29, 1.82) is 0 Å². The minimum atomic E-state index is -0.313. The summed E-state index contributed by atoms with van der Waals surface area (Å²) in [7, 11) is 1.58. The van der Waals surface area contributed by atoms with Crippen LogP contribution in [0.25, 0.3) is 0 Å². The first-order valence-electron chi connectivity index (χ1n) is 9.30. The molecule has 0 fully saturated rings. The van der Waals surface area contributed by atoms with Gasteiger partial charge in [-0.15, -0.1) is 0 Å². The van der Waals surface area contributed by atoms with Crippen molar-refractivity contribution in [1.82, 2.24) is 10.2 Å². The highest BCUT2D eigenvalue weighted by Gasteiger charge is 2.18. The summed E-state index contributed by atoms with van der Waals surface area (Å²) >= 11 is 0. The van der Waals surface area contributed by atoms with Gasteiger partial charge in [-0.1, -0.05) is 60.7 Å². The van der Waals surface area contributed by atoms with E-state index in [1.807, 2.05) is 36.4 Å². The zero-order valence-electron chi connectivity index (χ0n) is 15.9. The molecule has 0 spiro atoms. The van der Waals surface area contributed by atoms with Crippen LogP contribution in [-0.4, -0.2) is 36.9 Å². The minimum absolute atomic E-state index is 0.0130. The molecule has 28 heavy (non-hydrogen) atoms. The van der Waals surface area contributed by atoms with Crippen molar-refractivity contribution < 1.29 is 14.0 Å². The van der Waals surface area contributed by atoms with Crippen molar-refractivity contribution in [3.8, 4) is 0 Å². The monoisotopic (exact) mass is 376 g/mol. The number of rotatable bonds is 8. The van der Waals surface area contributed by atoms with Gasteiger partial charge in [-0.25, -0.2) is 0 Å². The van der Waals surface area contributed by atoms with Crippen LogP contribution in [0.15, 0.2) is 83.5 Å². The van der Waals surface area contributed by atoms with Crippen molar-refractivity contribution in [2.75, 3.05) is 20.1 Å². The van der Waals surface area contributed by atoms with Gasteiger partial charge >= 0.3 is 0 Å². The second-order valence-corrected chi connectivity index (χ2v) is 6.65. The van der Waals surface area contributed by atoms with Crippen LogP contribution in [0, 0.1) is 0 Å². The highest BCUT2D eigenvalue weighted by Crippen LogP contribution is 2.27. The van der Waals surface area contributed by atoms with Crippen LogP contribution in [0.1, 0.15) is 34.0 Å². The van der Waals surface area contributed by atoms with Crippen LogP contribution < -0.4 is 5.32 Å². The Morgan fingerprint density at radius 1 is 0.929 bits per heavy atom. The largest absolute Gasteiger partial charge is 0.459 e. The number of likely N-dealkylation sites (N-methyl/N-ethyl adjacent to an activating group) is 1. The molecule has 0 radical (unpaired) electrons. The topological polar surface area (TPSA) is 62.6 Å². The number of carbonyl (C=O) groups excluding carboxylic acids is 2. The fourth-order valence-electron chi connectivity index (χ4n) is 3.18. The van der Waals surface area contributed by atoms with E-state index in [1.165, 1.54) is 22.3 Å². The van der Waals surface area contributed by atoms with Gasteiger partial charge < -0.3 is 14.6 Å². The summed E-state index contributed by atoms with van der Waals surface area (Å²) in [4.78, 5) is 25.7. The molecule has 0 atom stereocenters. The van der Waals surface area contributed by atoms with Gasteiger partial charge in [0.2, 0.25) is 5.91 Å². The first-order valence-corrected chi connectivity index (χ1v) is 9.30. The number of hydrogen-bond donors (Lipinski definition) is 1. The molecule has 0 saturated heterocycles. The van der Waals surface area contributed by atoms with Crippen LogP contribution in [-0.2, 0) is 4.79 Å². The molecular weight excluding hydrogens is 352 g/mol. The highest BCUT2D eigenvalue weighted by atomic mass is 16.3. The van der Waals surface area contributed by atoms with E-state index in [0.29, 0.717) is 6.54 Å². The summed E-state index contributed by atoms with van der Waals surface area (Å²) in [5.74, 6) is -0.0809. The second kappa shape index (κ2) is 9.55. The van der Waals surface area contributed by atoms with Gasteiger partial charge in [0.15, 0.2) is 5.76 Å². The lowest BCUT2D eigenvalue weighted by molar-refractivity contribution is -0.121. The molecule has 1 aromatic heterocycles. The molecule has 2 amide bonds. The summed E-state index contributed by atoms with van der Waals surface area (Å²) in [6, 6.07) is 23.8. The first-order chi connectivity index (χ1) is 13.6. The number of nitrogens with zero attached hydrogens (tertiary/aromatic N) is 1. The highest BCUT2D eigenvalue weighted by molar-refractivity contribution is 5.94. The predicted octanol–water partition coefficient (Wildman–Crippen LogP) is 3.69. The van der Waals surface area contributed by atoms with Gasteiger partial charge in [-0.3, -0.25) is 9.59 Å². The first kappa shape index (κ1) is 19.4. The maximum Gasteiger partial charge on any atom is 0.289 e. The quantitative estimate of drug-likeness (QED) is 0.652. The summed E-state index contributed by atoms with van der Waals surface area (Å²) in [6.07, 6.45) is 2.21. The average molecular weight is 376 g/mol. The van der Waals surface area contributed by atoms with Gasteiger partial charge in [0, 0.05) is 19.5 Å². The lowest BCUT2D eigenvalue weighted by Gasteiger charge is -2.19. The molecule has 3 aromatic rings. The Balaban J connectivity index is 1.55. The fourth-order valence-corrected chi connectivity index (χ4v) is 3.18. The Labute approximate surface area is 165 Å². The molecule has 1 N–H and O–H groups in total. The second-order valence-electron chi connectivity index (χ2n) is 6.65. The van der Waals surface area contributed by atoms with E-state index in [0.717, 1.165) is 6.42 Å². The molecule has 0 bridgehead atoms. The summed E-state index contributed by atoms with van der Waals surface area (Å²) < 4.78 is 5.09. The Morgan fingerprint density at radius 3 is 2.07 bits per heavy atom. The van der Waals surface area contributed by atoms with Gasteiger partial charge in [0.05, 0.1) is 12.8 Å². The van der Waals surface area contributed by atoms with E-state index in [4.69, 9.17) is 4.42 Å². The van der Waals surface area contributed by atoms with E-state index in [2.05, 4.69) is 29.6 Å². The van der Waals surface area contributed by atoms with Crippen LogP contribution in [0.4, 0.5) is 0 Å². The lowest BCUT2D eigenvalue weighted by Crippen LogP contribution is -2.38. The van der Waals surface area contributed by atoms with Crippen LogP contribution in [0.3, 0.4) is 0 Å². The molecule has 2 aromatic carbocycles. The van der Waals surface area contributed by atoms with Crippen molar-refractivity contribution in [3.05, 3.63) is 95.9 Å². The van der Waals surface area contributed by atoms with Crippen molar-refractivity contribution in [3.63, 3.8) is 0 Å². The molecule has 1 heterocycles. The maximum absolute atomic E-state index is 12.2. The fraction of sp³-hybridized carbons (Fsp3) is 0.217. The number of furan rings is 1. The Morgan fingerprint density at radius 2 is 1.54 bits per heavy atom. The molecular formula is C23H24N2O3. The van der Waals surface area contributed by atoms with E-state index in [9.17, 15) is 9.59 Å². The maximum atomic E-state index is 12.2. The Bertz CT molecular complexity index is 837. The Hall–Kier alpha value is -3.34. The molecule has 0 unspecified atom stereocenters. The van der Waals surface area contributed by atoms with Crippen LogP contribution >= 0.6 is 0 Å². The smallest absolute Gasteiger partial charge is 0.289 e. The molecule has 3 rings (SSSR count). The molecule has 5 nitrogen and oxygen atoms in total. The van der Waals surface area contributed by atoms with Gasteiger partial charge in [0.1, 0.15) is 0 Å². The average Bonchev–Trinajstić information content (AvgIpc) is 3.27. The third kappa shape index (κ3) is 5.10. The molecule has 0 saturated carbocycles. The summed E-state index contributed by atoms with van der Waals surface area (Å²) in [6.45, 7) is 0.511. The standard InChI is InChI=1S/C23H24N2O3/c1-25(23(27)21-13-8-16-28-21)17-22(26)24-15-14-20(18-9-4-2-5-10-18)19-11-6-3-7-12-19/h2-13,16,20H,14-15,17H2,1H3,(H,24,26). The van der Waals surface area contributed by atoms with Crippen molar-refractivity contribution >= 4 is 11.8 Å². The lowest BCUT2D eigenvalue weighted by atomic mass is 9.88. The zero-order chi connectivity index (χ0) is 19.8. The van der Waals surface area contributed by atoms with E-state index < -0.39 is 0 Å². The van der Waals surface area contributed by atoms with Gasteiger partial charge in [-0.2, -0.15) is 0 Å². The molecule has 144 valence electrons. The third-order valence-electron chi connectivity index (χ3n) is 4.62. The molecule has 0 aliphatic carbocycles. The SMILES string of the molecule is CN(CC(=O)NCCC(c1ccccc1)c1ccccc1)C(=O)c1ccco1. The number of hydrogen-bond acceptors (Lipinski definition) is 3. The molecule has 5 heteroatoms. The van der Waals surface area contributed by atoms with Crippen molar-refractivity contribution in [2.24, 2.45) is 0 Å². The van der Waals surface area contributed by atoms with Crippen LogP contribution in [0.2, 0.25) is 0 Å². The number of carbonyl (C=O) groups is 2. The summed E-state index contributed by atoms with van der Waals surface area (Å²) in [5.41, 5.74) is 2.43. The number of nitrogens with one attached hydrogen (secondary N) is 1. The molecule has 0 aliphatic rings. The van der Waals surface area contributed by atoms with Crippen LogP contribution in [0.5, 0.6) is 0 Å². The zero-order valence-corrected chi connectivity index (χ0v) is 15.9. The van der Waals surface area contributed by atoms with Gasteiger partial charge in [-0.05, 0) is 29.7 Å². The normalized spacial score (nSPS) is 10.6. The minimum Gasteiger partial charge on any atom is -0.459 e. The Kier molecular flexibility index (Phi) is 6.63. The number of benzene rings is 2. The van der Waals surface area contributed by atoms with Crippen molar-refractivity contribution in [2.45, 2.75) is 12.3 Å². The van der Waals surface area contributed by atoms with Gasteiger partial charge in [0.25, 0.3) is 5.91 Å².